The molecule has 0 N–H and O–H groups in total. The molecule has 0 fully saturated rings. The molecule has 2 aromatic rings. The lowest BCUT2D eigenvalue weighted by atomic mass is 10.1. The maximum atomic E-state index is 12.6. The van der Waals surface area contributed by atoms with Crippen molar-refractivity contribution in [1.29, 1.82) is 0 Å². The molecule has 0 unspecified atom stereocenters. The molecule has 0 radical (unpaired) electrons. The Balaban J connectivity index is 2.36. The van der Waals surface area contributed by atoms with Crippen LogP contribution in [0, 0.1) is 0 Å². The zero-order valence-electron chi connectivity index (χ0n) is 16.7. The molecule has 0 aliphatic carbocycles. The molecule has 0 aromatic heterocycles. The van der Waals surface area contributed by atoms with Gasteiger partial charge in [0, 0.05) is 6.26 Å². The zero-order valence-corrected chi connectivity index (χ0v) is 18.4. The summed E-state index contributed by atoms with van der Waals surface area (Å²) in [5, 5.41) is 0.475. The van der Waals surface area contributed by atoms with Crippen LogP contribution in [0.15, 0.2) is 64.4 Å². The summed E-state index contributed by atoms with van der Waals surface area (Å²) in [5.74, 6) is -0.906. The van der Waals surface area contributed by atoms with Crippen LogP contribution >= 0.6 is 0 Å². The normalized spacial score (nSPS) is 12.1. The van der Waals surface area contributed by atoms with Crippen LogP contribution in [-0.4, -0.2) is 45.8 Å². The number of amides is 1. The van der Waals surface area contributed by atoms with Gasteiger partial charge < -0.3 is 9.02 Å². The van der Waals surface area contributed by atoms with Crippen LogP contribution < -0.4 is 0 Å². The molecule has 0 saturated carbocycles. The summed E-state index contributed by atoms with van der Waals surface area (Å²) in [7, 11) is -8.77. The largest absolute Gasteiger partial charge is 0.459 e. The monoisotopic (exact) mass is 455 g/mol. The van der Waals surface area contributed by atoms with E-state index in [0.717, 1.165) is 18.4 Å². The first kappa shape index (κ1) is 23.4. The van der Waals surface area contributed by atoms with Gasteiger partial charge in [-0.05, 0) is 45.0 Å². The highest BCUT2D eigenvalue weighted by Gasteiger charge is 2.37. The zero-order chi connectivity index (χ0) is 22.7. The topological polar surface area (TPSA) is 124 Å². The first-order chi connectivity index (χ1) is 13.7. The molecule has 0 spiro atoms. The molecule has 0 heterocycles. The van der Waals surface area contributed by atoms with Gasteiger partial charge in [0.15, 0.2) is 9.84 Å². The predicted molar refractivity (Wildman–Crippen MR) is 107 cm³/mol. The minimum atomic E-state index is -4.84. The minimum absolute atomic E-state index is 0.129. The number of sulfone groups is 1. The number of carbonyl (C=O) groups is 2. The molecule has 11 heteroatoms. The Hall–Kier alpha value is -2.92. The molecular weight excluding hydrogens is 434 g/mol. The molecule has 0 saturated heterocycles. The summed E-state index contributed by atoms with van der Waals surface area (Å²) in [5.41, 5.74) is -1.04. The first-order valence-corrected chi connectivity index (χ1v) is 11.9. The highest BCUT2D eigenvalue weighted by molar-refractivity contribution is 7.92. The molecule has 2 aromatic carbocycles. The van der Waals surface area contributed by atoms with Crippen LogP contribution in [0.4, 0.5) is 4.79 Å². The van der Waals surface area contributed by atoms with E-state index in [2.05, 4.69) is 4.18 Å². The summed E-state index contributed by atoms with van der Waals surface area (Å²) in [6, 6.07) is 12.4. The van der Waals surface area contributed by atoms with Crippen molar-refractivity contribution in [2.24, 2.45) is 0 Å². The number of hydrogen-bond donors (Lipinski definition) is 0. The van der Waals surface area contributed by atoms with Crippen molar-refractivity contribution < 1.29 is 35.4 Å². The molecule has 0 aliphatic rings. The van der Waals surface area contributed by atoms with Crippen molar-refractivity contribution in [3.05, 3.63) is 60.2 Å². The second-order valence-electron chi connectivity index (χ2n) is 7.23. The van der Waals surface area contributed by atoms with E-state index in [-0.39, 0.29) is 5.56 Å². The van der Waals surface area contributed by atoms with Crippen LogP contribution in [-0.2, 0) is 29.0 Å². The molecule has 162 valence electrons. The van der Waals surface area contributed by atoms with Gasteiger partial charge in [0.2, 0.25) is 0 Å². The lowest BCUT2D eigenvalue weighted by Crippen LogP contribution is -2.47. The number of benzene rings is 2. The minimum Gasteiger partial charge on any atom is -0.329 e. The van der Waals surface area contributed by atoms with Crippen molar-refractivity contribution >= 4 is 32.0 Å². The van der Waals surface area contributed by atoms with E-state index in [1.165, 1.54) is 45.0 Å². The van der Waals surface area contributed by atoms with Gasteiger partial charge >= 0.3 is 22.2 Å². The summed E-state index contributed by atoms with van der Waals surface area (Å²) < 4.78 is 53.6. The van der Waals surface area contributed by atoms with E-state index >= 15 is 0 Å². The Labute approximate surface area is 175 Å². The molecule has 0 aliphatic heterocycles. The Morgan fingerprint density at radius 3 is 1.83 bits per heavy atom. The summed E-state index contributed by atoms with van der Waals surface area (Å²) in [6.45, 7) is 4.47. The quantitative estimate of drug-likeness (QED) is 0.509. The van der Waals surface area contributed by atoms with E-state index < -0.39 is 47.3 Å². The highest BCUT2D eigenvalue weighted by atomic mass is 32.2. The predicted octanol–water partition coefficient (Wildman–Crippen LogP) is 2.79. The van der Waals surface area contributed by atoms with Gasteiger partial charge in [-0.3, -0.25) is 0 Å². The SMILES string of the molecule is CC(C)(C)N(OC(=O)c1ccccc1)C(=O)OS(=O)(=O)c1ccccc1S(C)(=O)=O. The van der Waals surface area contributed by atoms with Gasteiger partial charge in [-0.15, -0.1) is 5.06 Å². The average molecular weight is 456 g/mol. The van der Waals surface area contributed by atoms with Crippen molar-refractivity contribution in [3.63, 3.8) is 0 Å². The van der Waals surface area contributed by atoms with Crippen molar-refractivity contribution in [1.82, 2.24) is 5.06 Å². The van der Waals surface area contributed by atoms with Gasteiger partial charge in [0.05, 0.1) is 16.0 Å². The Kier molecular flexibility index (Phi) is 6.57. The Bertz CT molecular complexity index is 1150. The van der Waals surface area contributed by atoms with E-state index in [9.17, 15) is 26.4 Å². The summed E-state index contributed by atoms with van der Waals surface area (Å²) in [6.07, 6.45) is -0.679. The fourth-order valence-corrected chi connectivity index (χ4v) is 4.72. The smallest absolute Gasteiger partial charge is 0.329 e. The van der Waals surface area contributed by atoms with Gasteiger partial charge in [-0.2, -0.15) is 8.42 Å². The molecule has 9 nitrogen and oxygen atoms in total. The van der Waals surface area contributed by atoms with Crippen molar-refractivity contribution in [3.8, 4) is 0 Å². The van der Waals surface area contributed by atoms with Crippen molar-refractivity contribution in [2.75, 3.05) is 6.26 Å². The third-order valence-electron chi connectivity index (χ3n) is 3.66. The molecule has 1 amide bonds. The van der Waals surface area contributed by atoms with E-state index in [1.807, 2.05) is 0 Å². The maximum absolute atomic E-state index is 12.6. The van der Waals surface area contributed by atoms with E-state index in [0.29, 0.717) is 5.06 Å². The van der Waals surface area contributed by atoms with Crippen LogP contribution in [0.25, 0.3) is 0 Å². The lowest BCUT2D eigenvalue weighted by molar-refractivity contribution is -0.131. The van der Waals surface area contributed by atoms with Crippen molar-refractivity contribution in [2.45, 2.75) is 36.1 Å². The third-order valence-corrected chi connectivity index (χ3v) is 6.20. The van der Waals surface area contributed by atoms with Gasteiger partial charge in [0.1, 0.15) is 4.90 Å². The van der Waals surface area contributed by atoms with Gasteiger partial charge in [-0.1, -0.05) is 30.3 Å². The Morgan fingerprint density at radius 2 is 1.33 bits per heavy atom. The standard InChI is InChI=1S/C19H21NO8S2/c1-19(2,3)20(27-17(21)14-10-6-5-7-11-14)18(22)28-30(25,26)16-13-9-8-12-15(16)29(4,23)24/h5-13H,1-4H3. The number of rotatable bonds is 4. The number of nitrogens with zero attached hydrogens (tertiary/aromatic N) is 1. The number of hydroxylamine groups is 2. The average Bonchev–Trinajstić information content (AvgIpc) is 2.64. The maximum Gasteiger partial charge on any atom is 0.459 e. The lowest BCUT2D eigenvalue weighted by Gasteiger charge is -2.31. The van der Waals surface area contributed by atoms with E-state index in [4.69, 9.17) is 4.84 Å². The van der Waals surface area contributed by atoms with Crippen LogP contribution in [0.3, 0.4) is 0 Å². The first-order valence-electron chi connectivity index (χ1n) is 8.58. The van der Waals surface area contributed by atoms with Gasteiger partial charge in [0.25, 0.3) is 0 Å². The van der Waals surface area contributed by atoms with Gasteiger partial charge in [-0.25, -0.2) is 18.0 Å². The number of hydrogen-bond acceptors (Lipinski definition) is 8. The molecular formula is C19H21NO8S2. The second-order valence-corrected chi connectivity index (χ2v) is 10.7. The van der Waals surface area contributed by atoms with Crippen LogP contribution in [0.1, 0.15) is 31.1 Å². The molecule has 2 rings (SSSR count). The fraction of sp³-hybridized carbons (Fsp3) is 0.263. The molecule has 0 bridgehead atoms. The molecule has 0 atom stereocenters. The molecule has 30 heavy (non-hydrogen) atoms. The Morgan fingerprint density at radius 1 is 0.833 bits per heavy atom. The summed E-state index contributed by atoms with van der Waals surface area (Å²) >= 11 is 0. The van der Waals surface area contributed by atoms with Crippen LogP contribution in [0.5, 0.6) is 0 Å². The van der Waals surface area contributed by atoms with Crippen LogP contribution in [0.2, 0.25) is 0 Å². The highest BCUT2D eigenvalue weighted by Crippen LogP contribution is 2.25. The number of carbonyl (C=O) groups excluding carboxylic acids is 2. The fourth-order valence-electron chi connectivity index (χ4n) is 2.29. The second kappa shape index (κ2) is 8.44. The summed E-state index contributed by atoms with van der Waals surface area (Å²) in [4.78, 5) is 28.8. The van der Waals surface area contributed by atoms with E-state index in [1.54, 1.807) is 18.2 Å². The third kappa shape index (κ3) is 5.57.